The molecule has 0 aliphatic rings. The molecule has 0 saturated heterocycles. The highest BCUT2D eigenvalue weighted by Crippen LogP contribution is 2.19. The zero-order chi connectivity index (χ0) is 12.1. The molecule has 1 aromatic carbocycles. The molecule has 0 fully saturated rings. The quantitative estimate of drug-likeness (QED) is 0.835. The van der Waals surface area contributed by atoms with E-state index in [0.29, 0.717) is 6.54 Å². The number of rotatable bonds is 5. The van der Waals surface area contributed by atoms with Gasteiger partial charge in [0.2, 0.25) is 0 Å². The van der Waals surface area contributed by atoms with Crippen LogP contribution < -0.4 is 0 Å². The van der Waals surface area contributed by atoms with E-state index < -0.39 is 5.97 Å². The largest absolute Gasteiger partial charge is 0.480 e. The van der Waals surface area contributed by atoms with E-state index >= 15 is 0 Å². The van der Waals surface area contributed by atoms with Gasteiger partial charge in [-0.05, 0) is 31.2 Å². The smallest absolute Gasteiger partial charge is 0.317 e. The fourth-order valence-electron chi connectivity index (χ4n) is 1.65. The third kappa shape index (κ3) is 3.31. The van der Waals surface area contributed by atoms with E-state index in [1.165, 1.54) is 12.1 Å². The van der Waals surface area contributed by atoms with Gasteiger partial charge in [-0.3, -0.25) is 9.69 Å². The Hall–Kier alpha value is -1.42. The number of nitrogens with zero attached hydrogens (tertiary/aromatic N) is 1. The van der Waals surface area contributed by atoms with Crippen LogP contribution in [0.25, 0.3) is 0 Å². The molecule has 0 heterocycles. The summed E-state index contributed by atoms with van der Waals surface area (Å²) in [4.78, 5) is 12.5. The number of likely N-dealkylation sites (N-methyl/N-ethyl adjacent to an activating group) is 1. The number of carbonyl (C=O) groups is 1. The van der Waals surface area contributed by atoms with Gasteiger partial charge in [-0.2, -0.15) is 0 Å². The fourth-order valence-corrected chi connectivity index (χ4v) is 1.65. The van der Waals surface area contributed by atoms with Crippen molar-refractivity contribution in [3.05, 3.63) is 35.6 Å². The summed E-state index contributed by atoms with van der Waals surface area (Å²) in [6, 6.07) is 6.12. The fraction of sp³-hybridized carbons (Fsp3) is 0.417. The van der Waals surface area contributed by atoms with Crippen LogP contribution in [-0.4, -0.2) is 29.1 Å². The van der Waals surface area contributed by atoms with Crippen LogP contribution in [-0.2, 0) is 4.79 Å². The Labute approximate surface area is 94.5 Å². The molecular formula is C12H16FNO2. The second-order valence-corrected chi connectivity index (χ2v) is 3.68. The highest BCUT2D eigenvalue weighted by atomic mass is 19.1. The first-order valence-electron chi connectivity index (χ1n) is 5.26. The zero-order valence-corrected chi connectivity index (χ0v) is 9.48. The van der Waals surface area contributed by atoms with Gasteiger partial charge in [0.15, 0.2) is 0 Å². The van der Waals surface area contributed by atoms with Crippen LogP contribution in [0.3, 0.4) is 0 Å². The molecule has 3 nitrogen and oxygen atoms in total. The van der Waals surface area contributed by atoms with Crippen molar-refractivity contribution < 1.29 is 14.3 Å². The highest BCUT2D eigenvalue weighted by molar-refractivity contribution is 5.69. The van der Waals surface area contributed by atoms with Crippen LogP contribution in [0.5, 0.6) is 0 Å². The maximum Gasteiger partial charge on any atom is 0.317 e. The van der Waals surface area contributed by atoms with E-state index in [9.17, 15) is 9.18 Å². The average molecular weight is 225 g/mol. The summed E-state index contributed by atoms with van der Waals surface area (Å²) in [5.41, 5.74) is 0.921. The van der Waals surface area contributed by atoms with Crippen molar-refractivity contribution in [2.75, 3.05) is 13.1 Å². The van der Waals surface area contributed by atoms with Gasteiger partial charge in [0.1, 0.15) is 5.82 Å². The van der Waals surface area contributed by atoms with Crippen LogP contribution in [0.2, 0.25) is 0 Å². The van der Waals surface area contributed by atoms with Crippen molar-refractivity contribution in [2.24, 2.45) is 0 Å². The lowest BCUT2D eigenvalue weighted by atomic mass is 10.1. The third-order valence-electron chi connectivity index (χ3n) is 2.64. The second kappa shape index (κ2) is 5.61. The number of carboxylic acid groups (broad SMARTS) is 1. The predicted molar refractivity (Wildman–Crippen MR) is 59.7 cm³/mol. The molecule has 0 bridgehead atoms. The van der Waals surface area contributed by atoms with Gasteiger partial charge >= 0.3 is 5.97 Å². The number of benzene rings is 1. The molecule has 1 atom stereocenters. The van der Waals surface area contributed by atoms with Crippen molar-refractivity contribution >= 4 is 5.97 Å². The van der Waals surface area contributed by atoms with Gasteiger partial charge < -0.3 is 5.11 Å². The molecule has 1 aromatic rings. The van der Waals surface area contributed by atoms with Crippen molar-refractivity contribution in [3.8, 4) is 0 Å². The molecule has 1 unspecified atom stereocenters. The van der Waals surface area contributed by atoms with E-state index in [2.05, 4.69) is 0 Å². The second-order valence-electron chi connectivity index (χ2n) is 3.68. The predicted octanol–water partition coefficient (Wildman–Crippen LogP) is 2.29. The third-order valence-corrected chi connectivity index (χ3v) is 2.64. The van der Waals surface area contributed by atoms with Crippen LogP contribution in [0.4, 0.5) is 4.39 Å². The van der Waals surface area contributed by atoms with Gasteiger partial charge in [-0.15, -0.1) is 0 Å². The van der Waals surface area contributed by atoms with Gasteiger partial charge in [0, 0.05) is 6.04 Å². The molecule has 0 aromatic heterocycles. The first-order chi connectivity index (χ1) is 7.54. The van der Waals surface area contributed by atoms with E-state index in [-0.39, 0.29) is 18.4 Å². The SMILES string of the molecule is CCN(CC(=O)O)C(C)c1ccc(F)cc1. The summed E-state index contributed by atoms with van der Waals surface area (Å²) in [5, 5.41) is 8.75. The Bertz CT molecular complexity index is 351. The van der Waals surface area contributed by atoms with E-state index in [4.69, 9.17) is 5.11 Å². The molecule has 0 amide bonds. The number of aliphatic carboxylic acids is 1. The first kappa shape index (κ1) is 12.6. The van der Waals surface area contributed by atoms with Gasteiger partial charge in [-0.25, -0.2) is 4.39 Å². The molecule has 0 aliphatic heterocycles. The summed E-state index contributed by atoms with van der Waals surface area (Å²) in [6.07, 6.45) is 0. The molecule has 88 valence electrons. The van der Waals surface area contributed by atoms with Crippen LogP contribution in [0, 0.1) is 5.82 Å². The Morgan fingerprint density at radius 2 is 2.00 bits per heavy atom. The van der Waals surface area contributed by atoms with E-state index in [1.807, 2.05) is 18.7 Å². The van der Waals surface area contributed by atoms with Crippen molar-refractivity contribution in [2.45, 2.75) is 19.9 Å². The van der Waals surface area contributed by atoms with E-state index in [0.717, 1.165) is 5.56 Å². The molecular weight excluding hydrogens is 209 g/mol. The minimum atomic E-state index is -0.851. The topological polar surface area (TPSA) is 40.5 Å². The lowest BCUT2D eigenvalue weighted by molar-refractivity contribution is -0.138. The summed E-state index contributed by atoms with van der Waals surface area (Å²) in [6.45, 7) is 4.46. The summed E-state index contributed by atoms with van der Waals surface area (Å²) < 4.78 is 12.7. The Morgan fingerprint density at radius 1 is 1.44 bits per heavy atom. The molecule has 1 rings (SSSR count). The molecule has 4 heteroatoms. The highest BCUT2D eigenvalue weighted by Gasteiger charge is 2.16. The lowest BCUT2D eigenvalue weighted by Crippen LogP contribution is -2.32. The lowest BCUT2D eigenvalue weighted by Gasteiger charge is -2.26. The minimum Gasteiger partial charge on any atom is -0.480 e. The maximum atomic E-state index is 12.7. The van der Waals surface area contributed by atoms with Crippen molar-refractivity contribution in [1.29, 1.82) is 0 Å². The standard InChI is InChI=1S/C12H16FNO2/c1-3-14(8-12(15)16)9(2)10-4-6-11(13)7-5-10/h4-7,9H,3,8H2,1-2H3,(H,15,16). The maximum absolute atomic E-state index is 12.7. The van der Waals surface area contributed by atoms with Gasteiger partial charge in [0.25, 0.3) is 0 Å². The number of hydrogen-bond acceptors (Lipinski definition) is 2. The van der Waals surface area contributed by atoms with Crippen LogP contribution >= 0.6 is 0 Å². The summed E-state index contributed by atoms with van der Waals surface area (Å²) >= 11 is 0. The number of hydrogen-bond donors (Lipinski definition) is 1. The number of carboxylic acids is 1. The van der Waals surface area contributed by atoms with Crippen molar-refractivity contribution in [1.82, 2.24) is 4.90 Å². The molecule has 0 radical (unpaired) electrons. The van der Waals surface area contributed by atoms with Gasteiger partial charge in [0.05, 0.1) is 6.54 Å². The molecule has 0 saturated carbocycles. The minimum absolute atomic E-state index is 0.00492. The summed E-state index contributed by atoms with van der Waals surface area (Å²) in [7, 11) is 0. The normalized spacial score (nSPS) is 12.8. The number of halogens is 1. The van der Waals surface area contributed by atoms with Crippen LogP contribution in [0.15, 0.2) is 24.3 Å². The molecule has 0 spiro atoms. The molecule has 0 aliphatic carbocycles. The first-order valence-corrected chi connectivity index (χ1v) is 5.26. The van der Waals surface area contributed by atoms with Crippen molar-refractivity contribution in [3.63, 3.8) is 0 Å². The zero-order valence-electron chi connectivity index (χ0n) is 9.48. The Kier molecular flexibility index (Phi) is 4.43. The Balaban J connectivity index is 2.78. The monoisotopic (exact) mass is 225 g/mol. The summed E-state index contributed by atoms with van der Waals surface area (Å²) in [5.74, 6) is -1.13. The van der Waals surface area contributed by atoms with E-state index in [1.54, 1.807) is 12.1 Å². The van der Waals surface area contributed by atoms with Gasteiger partial charge in [-0.1, -0.05) is 19.1 Å². The molecule has 16 heavy (non-hydrogen) atoms. The molecule has 1 N–H and O–H groups in total. The average Bonchev–Trinajstić information content (AvgIpc) is 2.25. The van der Waals surface area contributed by atoms with Crippen LogP contribution in [0.1, 0.15) is 25.5 Å². The Morgan fingerprint density at radius 3 is 2.44 bits per heavy atom.